The zero-order valence-corrected chi connectivity index (χ0v) is 13.4. The molecule has 0 aliphatic carbocycles. The van der Waals surface area contributed by atoms with Crippen molar-refractivity contribution < 1.29 is 4.74 Å². The Morgan fingerprint density at radius 3 is 2.85 bits per heavy atom. The maximum atomic E-state index is 5.92. The van der Waals surface area contributed by atoms with Crippen molar-refractivity contribution in [1.29, 1.82) is 0 Å². The molecule has 0 amide bonds. The molecule has 0 radical (unpaired) electrons. The van der Waals surface area contributed by atoms with E-state index in [1.807, 2.05) is 30.3 Å². The zero-order valence-electron chi connectivity index (χ0n) is 11.8. The Morgan fingerprint density at radius 1 is 1.30 bits per heavy atom. The van der Waals surface area contributed by atoms with E-state index in [0.717, 1.165) is 28.0 Å². The van der Waals surface area contributed by atoms with Crippen LogP contribution >= 0.6 is 15.9 Å². The summed E-state index contributed by atoms with van der Waals surface area (Å²) < 4.78 is 6.98. The van der Waals surface area contributed by atoms with Gasteiger partial charge in [0.15, 0.2) is 0 Å². The molecular weight excluding hydrogens is 316 g/mol. The Bertz CT molecular complexity index is 545. The monoisotopic (exact) mass is 334 g/mol. The van der Waals surface area contributed by atoms with Gasteiger partial charge in [-0.1, -0.05) is 28.9 Å². The fraction of sp³-hybridized carbons (Fsp3) is 0.312. The van der Waals surface area contributed by atoms with Crippen LogP contribution in [0.25, 0.3) is 0 Å². The summed E-state index contributed by atoms with van der Waals surface area (Å²) in [5.41, 5.74) is 2.08. The van der Waals surface area contributed by atoms with Crippen molar-refractivity contribution in [3.63, 3.8) is 0 Å². The Kier molecular flexibility index (Phi) is 5.56. The second-order valence-electron chi connectivity index (χ2n) is 4.57. The molecule has 1 atom stereocenters. The lowest BCUT2D eigenvalue weighted by Gasteiger charge is -2.18. The molecule has 2 rings (SSSR count). The topological polar surface area (TPSA) is 34.1 Å². The number of benzene rings is 1. The second kappa shape index (κ2) is 7.41. The number of aromatic nitrogens is 1. The molecule has 4 heteroatoms. The van der Waals surface area contributed by atoms with Crippen LogP contribution in [0.1, 0.15) is 31.1 Å². The molecule has 0 saturated carbocycles. The van der Waals surface area contributed by atoms with Gasteiger partial charge >= 0.3 is 0 Å². The summed E-state index contributed by atoms with van der Waals surface area (Å²) in [5, 5.41) is 3.41. The number of nitrogens with one attached hydrogen (secondary N) is 1. The van der Waals surface area contributed by atoms with Crippen molar-refractivity contribution in [2.75, 3.05) is 6.54 Å². The third kappa shape index (κ3) is 4.05. The lowest BCUT2D eigenvalue weighted by Crippen LogP contribution is -2.18. The minimum atomic E-state index is 0.247. The van der Waals surface area contributed by atoms with E-state index >= 15 is 0 Å². The molecular formula is C16H19BrN2O. The highest BCUT2D eigenvalue weighted by atomic mass is 79.9. The number of rotatable bonds is 6. The molecule has 0 saturated heterocycles. The van der Waals surface area contributed by atoms with E-state index in [4.69, 9.17) is 4.74 Å². The molecule has 0 bridgehead atoms. The van der Waals surface area contributed by atoms with Crippen LogP contribution in [0, 0.1) is 0 Å². The van der Waals surface area contributed by atoms with Gasteiger partial charge in [-0.3, -0.25) is 4.98 Å². The van der Waals surface area contributed by atoms with Gasteiger partial charge in [0, 0.05) is 22.3 Å². The van der Waals surface area contributed by atoms with Gasteiger partial charge in [-0.2, -0.15) is 0 Å². The molecule has 2 aromatic rings. The molecule has 1 heterocycles. The standard InChI is InChI=1S/C16H19BrN2O/c1-3-18-12(2)15-10-13(17)7-8-16(15)20-11-14-6-4-5-9-19-14/h4-10,12,18H,3,11H2,1-2H3. The normalized spacial score (nSPS) is 12.2. The van der Waals surface area contributed by atoms with E-state index in [9.17, 15) is 0 Å². The summed E-state index contributed by atoms with van der Waals surface area (Å²) in [6.45, 7) is 5.64. The third-order valence-corrected chi connectivity index (χ3v) is 3.54. The van der Waals surface area contributed by atoms with Gasteiger partial charge in [-0.05, 0) is 43.8 Å². The summed E-state index contributed by atoms with van der Waals surface area (Å²) in [6, 6.07) is 12.2. The Labute approximate surface area is 128 Å². The summed E-state index contributed by atoms with van der Waals surface area (Å²) in [7, 11) is 0. The van der Waals surface area contributed by atoms with Gasteiger partial charge < -0.3 is 10.1 Å². The Morgan fingerprint density at radius 2 is 2.15 bits per heavy atom. The van der Waals surface area contributed by atoms with E-state index in [1.165, 1.54) is 0 Å². The van der Waals surface area contributed by atoms with Crippen LogP contribution < -0.4 is 10.1 Å². The molecule has 106 valence electrons. The minimum absolute atomic E-state index is 0.247. The van der Waals surface area contributed by atoms with Crippen LogP contribution in [0.5, 0.6) is 5.75 Å². The van der Waals surface area contributed by atoms with E-state index in [1.54, 1.807) is 6.20 Å². The average Bonchev–Trinajstić information content (AvgIpc) is 2.47. The summed E-state index contributed by atoms with van der Waals surface area (Å²) >= 11 is 3.52. The molecule has 0 fully saturated rings. The van der Waals surface area contributed by atoms with Crippen LogP contribution in [0.3, 0.4) is 0 Å². The molecule has 0 aliphatic heterocycles. The molecule has 1 aromatic carbocycles. The first-order valence-electron chi connectivity index (χ1n) is 6.76. The predicted octanol–water partition coefficient (Wildman–Crippen LogP) is 4.09. The van der Waals surface area contributed by atoms with Crippen molar-refractivity contribution in [1.82, 2.24) is 10.3 Å². The largest absolute Gasteiger partial charge is 0.487 e. The SMILES string of the molecule is CCNC(C)c1cc(Br)ccc1OCc1ccccn1. The van der Waals surface area contributed by atoms with E-state index < -0.39 is 0 Å². The van der Waals surface area contributed by atoms with E-state index in [0.29, 0.717) is 6.61 Å². The quantitative estimate of drug-likeness (QED) is 0.863. The summed E-state index contributed by atoms with van der Waals surface area (Å²) in [4.78, 5) is 4.27. The molecule has 3 nitrogen and oxygen atoms in total. The molecule has 20 heavy (non-hydrogen) atoms. The van der Waals surface area contributed by atoms with E-state index in [2.05, 4.69) is 46.1 Å². The van der Waals surface area contributed by atoms with Crippen LogP contribution in [0.15, 0.2) is 47.1 Å². The maximum Gasteiger partial charge on any atom is 0.130 e. The maximum absolute atomic E-state index is 5.92. The van der Waals surface area contributed by atoms with Crippen LogP contribution in [-0.2, 0) is 6.61 Å². The summed E-state index contributed by atoms with van der Waals surface area (Å²) in [5.74, 6) is 0.896. The first-order valence-corrected chi connectivity index (χ1v) is 7.55. The Balaban J connectivity index is 2.14. The van der Waals surface area contributed by atoms with Gasteiger partial charge in [0.1, 0.15) is 12.4 Å². The summed E-state index contributed by atoms with van der Waals surface area (Å²) in [6.07, 6.45) is 1.78. The van der Waals surface area contributed by atoms with Crippen LogP contribution in [0.4, 0.5) is 0 Å². The molecule has 1 N–H and O–H groups in total. The first kappa shape index (κ1) is 15.0. The number of hydrogen-bond acceptors (Lipinski definition) is 3. The van der Waals surface area contributed by atoms with E-state index in [-0.39, 0.29) is 6.04 Å². The fourth-order valence-corrected chi connectivity index (χ4v) is 2.42. The van der Waals surface area contributed by atoms with Crippen molar-refractivity contribution in [3.8, 4) is 5.75 Å². The van der Waals surface area contributed by atoms with Crippen molar-refractivity contribution in [2.45, 2.75) is 26.5 Å². The average molecular weight is 335 g/mol. The van der Waals surface area contributed by atoms with Gasteiger partial charge in [-0.25, -0.2) is 0 Å². The zero-order chi connectivity index (χ0) is 14.4. The minimum Gasteiger partial charge on any atom is -0.487 e. The fourth-order valence-electron chi connectivity index (χ4n) is 2.04. The third-order valence-electron chi connectivity index (χ3n) is 3.05. The first-order chi connectivity index (χ1) is 9.70. The number of pyridine rings is 1. The molecule has 1 aromatic heterocycles. The molecule has 0 spiro atoms. The predicted molar refractivity (Wildman–Crippen MR) is 84.8 cm³/mol. The molecule has 1 unspecified atom stereocenters. The van der Waals surface area contributed by atoms with Crippen molar-refractivity contribution in [3.05, 3.63) is 58.3 Å². The number of halogens is 1. The number of nitrogens with zero attached hydrogens (tertiary/aromatic N) is 1. The van der Waals surface area contributed by atoms with Crippen LogP contribution in [-0.4, -0.2) is 11.5 Å². The molecule has 0 aliphatic rings. The number of ether oxygens (including phenoxy) is 1. The highest BCUT2D eigenvalue weighted by Crippen LogP contribution is 2.29. The smallest absolute Gasteiger partial charge is 0.130 e. The van der Waals surface area contributed by atoms with Gasteiger partial charge in [-0.15, -0.1) is 0 Å². The van der Waals surface area contributed by atoms with Gasteiger partial charge in [0.2, 0.25) is 0 Å². The lowest BCUT2D eigenvalue weighted by atomic mass is 10.1. The van der Waals surface area contributed by atoms with Gasteiger partial charge in [0.05, 0.1) is 5.69 Å². The lowest BCUT2D eigenvalue weighted by molar-refractivity contribution is 0.295. The highest BCUT2D eigenvalue weighted by Gasteiger charge is 2.11. The van der Waals surface area contributed by atoms with Crippen LogP contribution in [0.2, 0.25) is 0 Å². The van der Waals surface area contributed by atoms with Crippen molar-refractivity contribution >= 4 is 15.9 Å². The van der Waals surface area contributed by atoms with Gasteiger partial charge in [0.25, 0.3) is 0 Å². The second-order valence-corrected chi connectivity index (χ2v) is 5.49. The van der Waals surface area contributed by atoms with Crippen molar-refractivity contribution in [2.24, 2.45) is 0 Å². The Hall–Kier alpha value is -1.39. The highest BCUT2D eigenvalue weighted by molar-refractivity contribution is 9.10. The number of hydrogen-bond donors (Lipinski definition) is 1.